The van der Waals surface area contributed by atoms with Gasteiger partial charge in [0.15, 0.2) is 5.13 Å². The van der Waals surface area contributed by atoms with Crippen LogP contribution in [-0.2, 0) is 11.2 Å². The minimum Gasteiger partial charge on any atom is -0.496 e. The van der Waals surface area contributed by atoms with Crippen molar-refractivity contribution in [2.45, 2.75) is 19.8 Å². The van der Waals surface area contributed by atoms with E-state index >= 15 is 0 Å². The molecule has 0 saturated carbocycles. The summed E-state index contributed by atoms with van der Waals surface area (Å²) in [5, 5.41) is 0.767. The maximum Gasteiger partial charge on any atom is 0.229 e. The van der Waals surface area contributed by atoms with Crippen LogP contribution in [0.2, 0.25) is 0 Å². The molecule has 0 unspecified atom stereocenters. The smallest absolute Gasteiger partial charge is 0.229 e. The normalized spacial score (nSPS) is 10.8. The van der Waals surface area contributed by atoms with E-state index in [-0.39, 0.29) is 5.91 Å². The highest BCUT2D eigenvalue weighted by molar-refractivity contribution is 7.22. The number of carbonyl (C=O) groups is 1. The summed E-state index contributed by atoms with van der Waals surface area (Å²) in [5.41, 5.74) is 1.99. The number of amides is 1. The summed E-state index contributed by atoms with van der Waals surface area (Å²) in [4.78, 5) is 19.0. The van der Waals surface area contributed by atoms with Gasteiger partial charge in [0.1, 0.15) is 5.75 Å². The standard InChI is InChI=1S/C19H20N2O2S/c1-3-21(19-20-15-9-5-7-11-17(15)24-19)18(22)13-12-14-8-4-6-10-16(14)23-2/h4-11H,3,12-13H2,1-2H3. The Morgan fingerprint density at radius 2 is 1.92 bits per heavy atom. The van der Waals surface area contributed by atoms with Crippen molar-refractivity contribution in [1.82, 2.24) is 4.98 Å². The van der Waals surface area contributed by atoms with Crippen molar-refractivity contribution in [2.24, 2.45) is 0 Å². The molecule has 0 bridgehead atoms. The molecule has 0 aliphatic rings. The van der Waals surface area contributed by atoms with Crippen LogP contribution >= 0.6 is 11.3 Å². The number of benzene rings is 2. The van der Waals surface area contributed by atoms with Crippen molar-refractivity contribution in [3.05, 3.63) is 54.1 Å². The zero-order chi connectivity index (χ0) is 16.9. The van der Waals surface area contributed by atoms with E-state index in [0.717, 1.165) is 26.7 Å². The third-order valence-electron chi connectivity index (χ3n) is 3.93. The van der Waals surface area contributed by atoms with E-state index in [2.05, 4.69) is 4.98 Å². The van der Waals surface area contributed by atoms with Crippen LogP contribution in [0.4, 0.5) is 5.13 Å². The molecule has 1 aromatic heterocycles. The van der Waals surface area contributed by atoms with Gasteiger partial charge in [-0.05, 0) is 37.1 Å². The minimum atomic E-state index is 0.0856. The van der Waals surface area contributed by atoms with E-state index in [0.29, 0.717) is 19.4 Å². The molecule has 0 spiro atoms. The van der Waals surface area contributed by atoms with Crippen LogP contribution in [0.15, 0.2) is 48.5 Å². The van der Waals surface area contributed by atoms with Crippen molar-refractivity contribution in [2.75, 3.05) is 18.6 Å². The Bertz CT molecular complexity index is 811. The van der Waals surface area contributed by atoms with Gasteiger partial charge in [0.2, 0.25) is 5.91 Å². The molecule has 0 N–H and O–H groups in total. The first-order valence-corrected chi connectivity index (χ1v) is 8.82. The second-order valence-electron chi connectivity index (χ2n) is 5.41. The molecule has 3 rings (SSSR count). The van der Waals surface area contributed by atoms with Crippen LogP contribution in [0, 0.1) is 0 Å². The molecular formula is C19H20N2O2S. The number of thiazole rings is 1. The van der Waals surface area contributed by atoms with Crippen molar-refractivity contribution in [1.29, 1.82) is 0 Å². The molecule has 0 saturated heterocycles. The highest BCUT2D eigenvalue weighted by Crippen LogP contribution is 2.29. The van der Waals surface area contributed by atoms with Gasteiger partial charge in [-0.15, -0.1) is 0 Å². The molecule has 124 valence electrons. The van der Waals surface area contributed by atoms with Crippen molar-refractivity contribution < 1.29 is 9.53 Å². The molecule has 0 fully saturated rings. The van der Waals surface area contributed by atoms with Gasteiger partial charge in [-0.3, -0.25) is 9.69 Å². The SMILES string of the molecule is CCN(C(=O)CCc1ccccc1OC)c1nc2ccccc2s1. The number of aromatic nitrogens is 1. The Morgan fingerprint density at radius 3 is 2.67 bits per heavy atom. The van der Waals surface area contributed by atoms with Crippen molar-refractivity contribution in [3.63, 3.8) is 0 Å². The minimum absolute atomic E-state index is 0.0856. The quantitative estimate of drug-likeness (QED) is 0.672. The number of rotatable bonds is 6. The Hall–Kier alpha value is -2.40. The van der Waals surface area contributed by atoms with Crippen molar-refractivity contribution >= 4 is 32.6 Å². The predicted molar refractivity (Wildman–Crippen MR) is 99.0 cm³/mol. The average molecular weight is 340 g/mol. The summed E-state index contributed by atoms with van der Waals surface area (Å²) in [6.07, 6.45) is 1.09. The fraction of sp³-hybridized carbons (Fsp3) is 0.263. The molecule has 5 heteroatoms. The highest BCUT2D eigenvalue weighted by Gasteiger charge is 2.18. The van der Waals surface area contributed by atoms with Gasteiger partial charge in [0.25, 0.3) is 0 Å². The maximum absolute atomic E-state index is 12.7. The Balaban J connectivity index is 1.74. The first-order chi connectivity index (χ1) is 11.7. The van der Waals surface area contributed by atoms with E-state index in [1.165, 1.54) is 0 Å². The van der Waals surface area contributed by atoms with E-state index in [1.54, 1.807) is 23.3 Å². The summed E-state index contributed by atoms with van der Waals surface area (Å²) in [5.74, 6) is 0.913. The fourth-order valence-corrected chi connectivity index (χ4v) is 3.73. The number of methoxy groups -OCH3 is 1. The van der Waals surface area contributed by atoms with E-state index in [9.17, 15) is 4.79 Å². The molecule has 0 atom stereocenters. The van der Waals surface area contributed by atoms with E-state index in [1.807, 2.05) is 55.5 Å². The number of ether oxygens (including phenoxy) is 1. The first kappa shape index (κ1) is 16.5. The molecule has 1 amide bonds. The van der Waals surface area contributed by atoms with Gasteiger partial charge in [0.05, 0.1) is 17.3 Å². The first-order valence-electron chi connectivity index (χ1n) is 8.00. The number of nitrogens with zero attached hydrogens (tertiary/aromatic N) is 2. The number of carbonyl (C=O) groups excluding carboxylic acids is 1. The van der Waals surface area contributed by atoms with Crippen molar-refractivity contribution in [3.8, 4) is 5.75 Å². The molecule has 24 heavy (non-hydrogen) atoms. The number of fused-ring (bicyclic) bond motifs is 1. The lowest BCUT2D eigenvalue weighted by atomic mass is 10.1. The summed E-state index contributed by atoms with van der Waals surface area (Å²) in [6, 6.07) is 15.8. The lowest BCUT2D eigenvalue weighted by molar-refractivity contribution is -0.118. The number of para-hydroxylation sites is 2. The van der Waals surface area contributed by atoms with Crippen LogP contribution in [0.3, 0.4) is 0 Å². The summed E-state index contributed by atoms with van der Waals surface area (Å²) >= 11 is 1.56. The summed E-state index contributed by atoms with van der Waals surface area (Å²) in [7, 11) is 1.65. The van der Waals surface area contributed by atoms with Gasteiger partial charge >= 0.3 is 0 Å². The van der Waals surface area contributed by atoms with Crippen LogP contribution < -0.4 is 9.64 Å². The Morgan fingerprint density at radius 1 is 1.17 bits per heavy atom. The zero-order valence-electron chi connectivity index (χ0n) is 13.9. The van der Waals surface area contributed by atoms with Gasteiger partial charge < -0.3 is 4.74 Å². The number of hydrogen-bond donors (Lipinski definition) is 0. The number of aryl methyl sites for hydroxylation is 1. The summed E-state index contributed by atoms with van der Waals surface area (Å²) in [6.45, 7) is 2.59. The molecular weight excluding hydrogens is 320 g/mol. The predicted octanol–water partition coefficient (Wildman–Crippen LogP) is 4.29. The third-order valence-corrected chi connectivity index (χ3v) is 4.99. The van der Waals surface area contributed by atoms with E-state index in [4.69, 9.17) is 4.74 Å². The maximum atomic E-state index is 12.7. The van der Waals surface area contributed by atoms with Gasteiger partial charge in [0, 0.05) is 13.0 Å². The fourth-order valence-electron chi connectivity index (χ4n) is 2.68. The molecule has 0 radical (unpaired) electrons. The topological polar surface area (TPSA) is 42.4 Å². The zero-order valence-corrected chi connectivity index (χ0v) is 14.7. The Labute approximate surface area is 145 Å². The second-order valence-corrected chi connectivity index (χ2v) is 6.42. The van der Waals surface area contributed by atoms with Crippen LogP contribution in [0.5, 0.6) is 5.75 Å². The average Bonchev–Trinajstić information content (AvgIpc) is 3.04. The molecule has 3 aromatic rings. The second kappa shape index (κ2) is 7.45. The lowest BCUT2D eigenvalue weighted by Gasteiger charge is -2.18. The van der Waals surface area contributed by atoms with E-state index < -0.39 is 0 Å². The molecule has 2 aromatic carbocycles. The summed E-state index contributed by atoms with van der Waals surface area (Å²) < 4.78 is 6.45. The molecule has 1 heterocycles. The molecule has 0 aliphatic heterocycles. The molecule has 0 aliphatic carbocycles. The van der Waals surface area contributed by atoms with Crippen LogP contribution in [0.1, 0.15) is 18.9 Å². The monoisotopic (exact) mass is 340 g/mol. The van der Waals surface area contributed by atoms with Gasteiger partial charge in [-0.25, -0.2) is 4.98 Å². The third kappa shape index (κ3) is 3.41. The molecule has 4 nitrogen and oxygen atoms in total. The van der Waals surface area contributed by atoms with Crippen LogP contribution in [-0.4, -0.2) is 24.5 Å². The Kier molecular flexibility index (Phi) is 5.11. The largest absolute Gasteiger partial charge is 0.496 e. The highest BCUT2D eigenvalue weighted by atomic mass is 32.1. The number of hydrogen-bond acceptors (Lipinski definition) is 4. The van der Waals surface area contributed by atoms with Gasteiger partial charge in [-0.1, -0.05) is 41.7 Å². The van der Waals surface area contributed by atoms with Gasteiger partial charge in [-0.2, -0.15) is 0 Å². The lowest BCUT2D eigenvalue weighted by Crippen LogP contribution is -2.30. The van der Waals surface area contributed by atoms with Crippen LogP contribution in [0.25, 0.3) is 10.2 Å². The number of anilines is 1.